The highest BCUT2D eigenvalue weighted by molar-refractivity contribution is 7.95. The highest BCUT2D eigenvalue weighted by Gasteiger charge is 1.78. The second-order valence-electron chi connectivity index (χ2n) is 1.99. The van der Waals surface area contributed by atoms with Crippen molar-refractivity contribution in [3.63, 3.8) is 0 Å². The van der Waals surface area contributed by atoms with Gasteiger partial charge in [0.05, 0.1) is 12.1 Å². The summed E-state index contributed by atoms with van der Waals surface area (Å²) in [7, 11) is 0. The molecule has 0 aromatic heterocycles. The van der Waals surface area contributed by atoms with Gasteiger partial charge in [-0.1, -0.05) is 19.9 Å². The molecule has 0 spiro atoms. The molecule has 0 aromatic carbocycles. The minimum atomic E-state index is 0.583. The first kappa shape index (κ1) is 8.72. The van der Waals surface area contributed by atoms with E-state index in [-0.39, 0.29) is 0 Å². The quantitative estimate of drug-likeness (QED) is 0.484. The molecule has 0 aliphatic carbocycles. The molecule has 0 atom stereocenters. The van der Waals surface area contributed by atoms with E-state index in [1.807, 2.05) is 6.08 Å². The summed E-state index contributed by atoms with van der Waals surface area (Å²) >= 11 is 0.971. The Morgan fingerprint density at radius 3 is 2.67 bits per heavy atom. The lowest BCUT2D eigenvalue weighted by Crippen LogP contribution is -1.77. The van der Waals surface area contributed by atoms with Crippen LogP contribution in [0.1, 0.15) is 13.8 Å². The van der Waals surface area contributed by atoms with Crippen molar-refractivity contribution in [3.05, 3.63) is 12.2 Å². The van der Waals surface area contributed by atoms with E-state index in [1.165, 1.54) is 0 Å². The maximum absolute atomic E-state index is 5.03. The van der Waals surface area contributed by atoms with Crippen LogP contribution in [0.15, 0.2) is 16.5 Å². The summed E-state index contributed by atoms with van der Waals surface area (Å²) in [6.45, 7) is 4.22. The Morgan fingerprint density at radius 2 is 2.22 bits per heavy atom. The minimum absolute atomic E-state index is 0.583. The molecule has 0 fully saturated rings. The average Bonchev–Trinajstić information content (AvgIpc) is 1.80. The lowest BCUT2D eigenvalue weighted by molar-refractivity contribution is 0.833. The van der Waals surface area contributed by atoms with Crippen molar-refractivity contribution in [2.75, 3.05) is 0 Å². The molecule has 0 radical (unpaired) electrons. The van der Waals surface area contributed by atoms with Crippen LogP contribution in [0.5, 0.6) is 0 Å². The zero-order valence-electron chi connectivity index (χ0n) is 5.74. The van der Waals surface area contributed by atoms with E-state index in [1.54, 1.807) is 6.21 Å². The van der Waals surface area contributed by atoms with E-state index >= 15 is 0 Å². The molecule has 3 heteroatoms. The molecule has 0 aromatic rings. The zero-order valence-corrected chi connectivity index (χ0v) is 6.56. The van der Waals surface area contributed by atoms with Gasteiger partial charge in [-0.2, -0.15) is 0 Å². The maximum atomic E-state index is 5.03. The normalized spacial score (nSPS) is 12.4. The standard InChI is InChI=1S/C6H12N2S/c1-6(2)4-3-5-8-9-7/h3-6H,7H2,1-2H3/b4-3+,8-5?. The molecule has 2 N–H and O–H groups in total. The third-order valence-corrected chi connectivity index (χ3v) is 0.947. The Hall–Kier alpha value is -0.280. The Bertz CT molecular complexity index is 108. The van der Waals surface area contributed by atoms with Crippen LogP contribution in [0.2, 0.25) is 0 Å². The number of nitrogens with two attached hydrogens (primary N) is 1. The van der Waals surface area contributed by atoms with Gasteiger partial charge in [-0.05, 0) is 12.0 Å². The number of hydrogen-bond donors (Lipinski definition) is 1. The third kappa shape index (κ3) is 7.72. The Morgan fingerprint density at radius 1 is 1.56 bits per heavy atom. The van der Waals surface area contributed by atoms with E-state index in [0.29, 0.717) is 5.92 Å². The maximum Gasteiger partial charge on any atom is 0.0555 e. The van der Waals surface area contributed by atoms with E-state index in [0.717, 1.165) is 12.1 Å². The summed E-state index contributed by atoms with van der Waals surface area (Å²) < 4.78 is 3.73. The van der Waals surface area contributed by atoms with Gasteiger partial charge in [0.25, 0.3) is 0 Å². The minimum Gasteiger partial charge on any atom is -0.258 e. The Balaban J connectivity index is 3.35. The topological polar surface area (TPSA) is 38.4 Å². The van der Waals surface area contributed by atoms with E-state index in [9.17, 15) is 0 Å². The first-order valence-corrected chi connectivity index (χ1v) is 3.67. The van der Waals surface area contributed by atoms with E-state index in [4.69, 9.17) is 5.14 Å². The average molecular weight is 144 g/mol. The molecule has 0 amide bonds. The van der Waals surface area contributed by atoms with Crippen molar-refractivity contribution in [2.45, 2.75) is 13.8 Å². The molecular weight excluding hydrogens is 132 g/mol. The summed E-state index contributed by atoms with van der Waals surface area (Å²) in [6.07, 6.45) is 5.63. The summed E-state index contributed by atoms with van der Waals surface area (Å²) in [4.78, 5) is 0. The second kappa shape index (κ2) is 5.85. The molecule has 9 heavy (non-hydrogen) atoms. The van der Waals surface area contributed by atoms with Crippen LogP contribution in [-0.2, 0) is 0 Å². The van der Waals surface area contributed by atoms with Crippen LogP contribution < -0.4 is 5.14 Å². The number of hydrogen-bond acceptors (Lipinski definition) is 3. The molecule has 0 aliphatic heterocycles. The van der Waals surface area contributed by atoms with Gasteiger partial charge in [-0.25, -0.2) is 4.40 Å². The predicted octanol–water partition coefficient (Wildman–Crippen LogP) is 1.79. The first-order chi connectivity index (χ1) is 4.27. The number of allylic oxidation sites excluding steroid dienone is 2. The number of rotatable bonds is 3. The van der Waals surface area contributed by atoms with Crippen LogP contribution in [0.3, 0.4) is 0 Å². The van der Waals surface area contributed by atoms with Crippen molar-refractivity contribution in [1.29, 1.82) is 0 Å². The van der Waals surface area contributed by atoms with E-state index < -0.39 is 0 Å². The molecule has 0 unspecified atom stereocenters. The zero-order chi connectivity index (χ0) is 7.11. The van der Waals surface area contributed by atoms with Crippen molar-refractivity contribution < 1.29 is 0 Å². The predicted molar refractivity (Wildman–Crippen MR) is 44.2 cm³/mol. The fourth-order valence-electron chi connectivity index (χ4n) is 0.342. The second-order valence-corrected chi connectivity index (χ2v) is 2.41. The van der Waals surface area contributed by atoms with Gasteiger partial charge < -0.3 is 0 Å². The Kier molecular flexibility index (Phi) is 5.67. The van der Waals surface area contributed by atoms with Crippen LogP contribution in [-0.4, -0.2) is 6.21 Å². The van der Waals surface area contributed by atoms with Crippen molar-refractivity contribution >= 4 is 18.3 Å². The molecule has 0 bridgehead atoms. The van der Waals surface area contributed by atoms with Crippen LogP contribution in [0, 0.1) is 5.92 Å². The van der Waals surface area contributed by atoms with Gasteiger partial charge in [0.15, 0.2) is 0 Å². The van der Waals surface area contributed by atoms with Crippen LogP contribution >= 0.6 is 12.1 Å². The largest absolute Gasteiger partial charge is 0.258 e. The molecule has 0 rings (SSSR count). The van der Waals surface area contributed by atoms with Gasteiger partial charge in [0, 0.05) is 6.21 Å². The summed E-state index contributed by atoms with van der Waals surface area (Å²) in [6, 6.07) is 0. The van der Waals surface area contributed by atoms with Crippen molar-refractivity contribution in [1.82, 2.24) is 0 Å². The third-order valence-electron chi connectivity index (χ3n) is 0.704. The lowest BCUT2D eigenvalue weighted by Gasteiger charge is -1.88. The molecule has 0 saturated heterocycles. The van der Waals surface area contributed by atoms with Crippen LogP contribution in [0.25, 0.3) is 0 Å². The van der Waals surface area contributed by atoms with Gasteiger partial charge in [0.2, 0.25) is 0 Å². The highest BCUT2D eigenvalue weighted by atomic mass is 32.2. The summed E-state index contributed by atoms with van der Waals surface area (Å²) in [5, 5.41) is 5.03. The summed E-state index contributed by atoms with van der Waals surface area (Å²) in [5.41, 5.74) is 0. The van der Waals surface area contributed by atoms with Crippen molar-refractivity contribution in [2.24, 2.45) is 15.5 Å². The summed E-state index contributed by atoms with van der Waals surface area (Å²) in [5.74, 6) is 0.583. The smallest absolute Gasteiger partial charge is 0.0555 e. The monoisotopic (exact) mass is 144 g/mol. The molecule has 2 nitrogen and oxygen atoms in total. The molecular formula is C6H12N2S. The van der Waals surface area contributed by atoms with Gasteiger partial charge in [-0.3, -0.25) is 5.14 Å². The van der Waals surface area contributed by atoms with E-state index in [2.05, 4.69) is 24.3 Å². The number of nitrogens with zero attached hydrogens (tertiary/aromatic N) is 1. The Labute approximate surface area is 60.5 Å². The van der Waals surface area contributed by atoms with Gasteiger partial charge in [-0.15, -0.1) is 0 Å². The fourth-order valence-corrected chi connectivity index (χ4v) is 0.483. The van der Waals surface area contributed by atoms with Crippen LogP contribution in [0.4, 0.5) is 0 Å². The fraction of sp³-hybridized carbons (Fsp3) is 0.500. The molecule has 52 valence electrons. The lowest BCUT2D eigenvalue weighted by atomic mass is 10.2. The first-order valence-electron chi connectivity index (χ1n) is 2.83. The molecule has 0 saturated carbocycles. The molecule has 0 heterocycles. The SMILES string of the molecule is CC(C)/C=C/C=NSN. The van der Waals surface area contributed by atoms with Gasteiger partial charge in [0.1, 0.15) is 0 Å². The molecule has 0 aliphatic rings. The van der Waals surface area contributed by atoms with Crippen molar-refractivity contribution in [3.8, 4) is 0 Å². The highest BCUT2D eigenvalue weighted by Crippen LogP contribution is 1.92. The van der Waals surface area contributed by atoms with Gasteiger partial charge >= 0.3 is 0 Å².